The van der Waals surface area contributed by atoms with Crippen molar-refractivity contribution in [2.45, 2.75) is 68.3 Å². The lowest BCUT2D eigenvalue weighted by Gasteiger charge is -2.56. The van der Waals surface area contributed by atoms with Gasteiger partial charge in [0.15, 0.2) is 0 Å². The van der Waals surface area contributed by atoms with Crippen LogP contribution in [0.15, 0.2) is 78.2 Å². The van der Waals surface area contributed by atoms with E-state index in [0.29, 0.717) is 43.2 Å². The monoisotopic (exact) mass is 713 g/mol. The van der Waals surface area contributed by atoms with Gasteiger partial charge < -0.3 is 15.0 Å². The molecule has 51 heavy (non-hydrogen) atoms. The van der Waals surface area contributed by atoms with Gasteiger partial charge in [0.05, 0.1) is 9.82 Å². The van der Waals surface area contributed by atoms with Crippen molar-refractivity contribution < 1.29 is 22.9 Å². The van der Waals surface area contributed by atoms with E-state index in [0.717, 1.165) is 57.1 Å². The first kappa shape index (κ1) is 35.2. The van der Waals surface area contributed by atoms with Gasteiger partial charge in [0.1, 0.15) is 5.69 Å². The van der Waals surface area contributed by atoms with E-state index >= 15 is 0 Å². The summed E-state index contributed by atoms with van der Waals surface area (Å²) in [6.07, 6.45) is 10.8. The van der Waals surface area contributed by atoms with E-state index in [2.05, 4.69) is 50.7 Å². The van der Waals surface area contributed by atoms with Crippen LogP contribution in [0, 0.1) is 21.4 Å². The van der Waals surface area contributed by atoms with Crippen LogP contribution in [0.25, 0.3) is 6.08 Å². The second-order valence-corrected chi connectivity index (χ2v) is 16.3. The topological polar surface area (TPSA) is 134 Å². The largest absolute Gasteiger partial charge is 0.381 e. The summed E-state index contributed by atoms with van der Waals surface area (Å²) < 4.78 is 33.7. The number of hydrogen-bond donors (Lipinski definition) is 2. The summed E-state index contributed by atoms with van der Waals surface area (Å²) in [4.78, 5) is 29.0. The highest BCUT2D eigenvalue weighted by Crippen LogP contribution is 2.54. The minimum absolute atomic E-state index is 0.195. The average molecular weight is 714 g/mol. The lowest BCUT2D eigenvalue weighted by atomic mass is 9.59. The van der Waals surface area contributed by atoms with E-state index in [9.17, 15) is 23.3 Å². The summed E-state index contributed by atoms with van der Waals surface area (Å²) in [6.45, 7) is 8.90. The number of nitro groups is 1. The maximum absolute atomic E-state index is 13.1. The molecule has 2 N–H and O–H groups in total. The molecule has 0 bridgehead atoms. The zero-order valence-corrected chi connectivity index (χ0v) is 29.8. The minimum Gasteiger partial charge on any atom is -0.381 e. The van der Waals surface area contributed by atoms with Crippen molar-refractivity contribution in [3.8, 4) is 0 Å². The van der Waals surface area contributed by atoms with E-state index in [-0.39, 0.29) is 21.8 Å². The molecule has 12 heteroatoms. The smallest absolute Gasteiger partial charge is 0.293 e. The lowest BCUT2D eigenvalue weighted by Crippen LogP contribution is -2.54. The van der Waals surface area contributed by atoms with Crippen LogP contribution < -0.4 is 14.9 Å². The molecule has 7 rings (SSSR count). The van der Waals surface area contributed by atoms with Gasteiger partial charge in [-0.15, -0.1) is 0 Å². The summed E-state index contributed by atoms with van der Waals surface area (Å²) in [5.74, 6) is -0.477. The molecule has 1 spiro atoms. The Morgan fingerprint density at radius 1 is 1.00 bits per heavy atom. The number of nitro benzene ring substituents is 1. The van der Waals surface area contributed by atoms with E-state index in [4.69, 9.17) is 4.74 Å². The quantitative estimate of drug-likeness (QED) is 0.163. The first-order valence-corrected chi connectivity index (χ1v) is 19.6. The van der Waals surface area contributed by atoms with Crippen molar-refractivity contribution in [3.05, 3.63) is 100 Å². The fourth-order valence-electron chi connectivity index (χ4n) is 8.63. The van der Waals surface area contributed by atoms with Crippen molar-refractivity contribution >= 4 is 39.1 Å². The van der Waals surface area contributed by atoms with Gasteiger partial charge in [0.25, 0.3) is 21.6 Å². The van der Waals surface area contributed by atoms with Crippen molar-refractivity contribution in [1.29, 1.82) is 0 Å². The molecule has 3 heterocycles. The standard InChI is InChI=1S/C39H47N5O6S/c1-2-29-6-3-4-7-34(29)36-8-5-19-43(36)32-25-39(26-32)17-20-42(21-18-39)31-11-9-30(10-12-31)38(45)41-51(48,49)33-13-14-35(37(24-33)44(46)47)40-27-28-15-22-50-23-16-28/h2-4,6-7,9-14,24,28,32,36,40H,1,5,8,15-23,25-27H2,(H,41,45)/t36-/m0/s1. The number of anilines is 2. The number of carbonyl (C=O) groups excluding carboxylic acids is 1. The Morgan fingerprint density at radius 3 is 2.43 bits per heavy atom. The second-order valence-electron chi connectivity index (χ2n) is 14.6. The molecule has 3 aromatic carbocycles. The summed E-state index contributed by atoms with van der Waals surface area (Å²) in [5, 5.41) is 14.9. The molecule has 3 aromatic rings. The number of hydrogen-bond acceptors (Lipinski definition) is 9. The number of ether oxygens (including phenoxy) is 1. The summed E-state index contributed by atoms with van der Waals surface area (Å²) in [5.41, 5.74) is 4.10. The van der Waals surface area contributed by atoms with Gasteiger partial charge in [-0.05, 0) is 117 Å². The highest BCUT2D eigenvalue weighted by molar-refractivity contribution is 7.90. The summed E-state index contributed by atoms with van der Waals surface area (Å²) in [7, 11) is -4.36. The maximum atomic E-state index is 13.1. The molecule has 3 aliphatic heterocycles. The number of piperidine rings is 1. The van der Waals surface area contributed by atoms with Gasteiger partial charge >= 0.3 is 0 Å². The number of likely N-dealkylation sites (tertiary alicyclic amines) is 1. The van der Waals surface area contributed by atoms with Gasteiger partial charge in [-0.1, -0.05) is 36.9 Å². The molecule has 0 aromatic heterocycles. The van der Waals surface area contributed by atoms with E-state index in [1.165, 1.54) is 48.9 Å². The average Bonchev–Trinajstić information content (AvgIpc) is 3.62. The highest BCUT2D eigenvalue weighted by Gasteiger charge is 2.49. The van der Waals surface area contributed by atoms with E-state index in [1.54, 1.807) is 12.1 Å². The summed E-state index contributed by atoms with van der Waals surface area (Å²) in [6, 6.07) is 20.4. The van der Waals surface area contributed by atoms with Crippen molar-refractivity contribution in [1.82, 2.24) is 9.62 Å². The normalized spacial score (nSPS) is 21.3. The van der Waals surface area contributed by atoms with Crippen LogP contribution in [-0.4, -0.2) is 69.6 Å². The van der Waals surface area contributed by atoms with Gasteiger partial charge in [-0.25, -0.2) is 13.1 Å². The number of benzene rings is 3. The van der Waals surface area contributed by atoms with Gasteiger partial charge in [-0.2, -0.15) is 0 Å². The third-order valence-corrected chi connectivity index (χ3v) is 12.9. The Balaban J connectivity index is 0.922. The number of nitrogens with zero attached hydrogens (tertiary/aromatic N) is 3. The Hall–Kier alpha value is -4.26. The molecule has 0 unspecified atom stereocenters. The molecule has 0 radical (unpaired) electrons. The van der Waals surface area contributed by atoms with E-state index < -0.39 is 20.9 Å². The molecule has 1 saturated carbocycles. The number of amides is 1. The fourth-order valence-corrected chi connectivity index (χ4v) is 9.62. The van der Waals surface area contributed by atoms with Crippen LogP contribution in [0.2, 0.25) is 0 Å². The molecule has 4 aliphatic rings. The first-order valence-electron chi connectivity index (χ1n) is 18.1. The zero-order valence-electron chi connectivity index (χ0n) is 29.0. The Kier molecular flexibility index (Phi) is 10.2. The third kappa shape index (κ3) is 7.54. The van der Waals surface area contributed by atoms with Crippen molar-refractivity contribution in [2.24, 2.45) is 11.3 Å². The van der Waals surface area contributed by atoms with E-state index in [1.807, 2.05) is 18.2 Å². The summed E-state index contributed by atoms with van der Waals surface area (Å²) >= 11 is 0. The molecule has 11 nitrogen and oxygen atoms in total. The fraction of sp³-hybridized carbons (Fsp3) is 0.462. The molecule has 1 aliphatic carbocycles. The van der Waals surface area contributed by atoms with Crippen molar-refractivity contribution in [2.75, 3.05) is 49.6 Å². The maximum Gasteiger partial charge on any atom is 0.293 e. The lowest BCUT2D eigenvalue weighted by molar-refractivity contribution is -0.384. The van der Waals surface area contributed by atoms with Crippen LogP contribution in [-0.2, 0) is 14.8 Å². The Morgan fingerprint density at radius 2 is 1.73 bits per heavy atom. The van der Waals surface area contributed by atoms with Crippen LogP contribution >= 0.6 is 0 Å². The molecular formula is C39H47N5O6S. The van der Waals surface area contributed by atoms with Crippen LogP contribution in [0.3, 0.4) is 0 Å². The minimum atomic E-state index is -4.36. The molecule has 3 saturated heterocycles. The number of sulfonamides is 1. The van der Waals surface area contributed by atoms with Crippen molar-refractivity contribution in [3.63, 3.8) is 0 Å². The molecule has 4 fully saturated rings. The number of rotatable bonds is 11. The predicted octanol–water partition coefficient (Wildman–Crippen LogP) is 6.78. The predicted molar refractivity (Wildman–Crippen MR) is 198 cm³/mol. The van der Waals surface area contributed by atoms with Crippen LogP contribution in [0.4, 0.5) is 17.1 Å². The van der Waals surface area contributed by atoms with Crippen LogP contribution in [0.5, 0.6) is 0 Å². The zero-order chi connectivity index (χ0) is 35.6. The first-order chi connectivity index (χ1) is 24.6. The van der Waals surface area contributed by atoms with Crippen LogP contribution in [0.1, 0.15) is 78.9 Å². The molecular weight excluding hydrogens is 667 g/mol. The third-order valence-electron chi connectivity index (χ3n) is 11.6. The number of nitrogens with one attached hydrogen (secondary N) is 2. The van der Waals surface area contributed by atoms with Gasteiger partial charge in [0.2, 0.25) is 0 Å². The Labute approximate surface area is 300 Å². The second kappa shape index (κ2) is 14.8. The van der Waals surface area contributed by atoms with Gasteiger partial charge in [-0.3, -0.25) is 19.8 Å². The molecule has 270 valence electrons. The highest BCUT2D eigenvalue weighted by atomic mass is 32.2. The Bertz CT molecular complexity index is 1860. The molecule has 1 atom stereocenters. The SMILES string of the molecule is C=Cc1ccccc1[C@@H]1CCCN1C1CC2(CCN(c3ccc(C(=O)NS(=O)(=O)c4ccc(NCC5CCOCC5)c([N+](=O)[O-])c4)cc3)CC2)C1. The molecule has 1 amide bonds. The van der Waals surface area contributed by atoms with Gasteiger partial charge in [0, 0.05) is 62.2 Å². The number of carbonyl (C=O) groups is 1.